The van der Waals surface area contributed by atoms with E-state index in [-0.39, 0.29) is 0 Å². The van der Waals surface area contributed by atoms with Crippen molar-refractivity contribution in [3.63, 3.8) is 0 Å². The minimum atomic E-state index is 0.591. The summed E-state index contributed by atoms with van der Waals surface area (Å²) in [7, 11) is 0. The van der Waals surface area contributed by atoms with Gasteiger partial charge in [-0.15, -0.1) is 0 Å². The second-order valence-electron chi connectivity index (χ2n) is 6.66. The Kier molecular flexibility index (Phi) is 8.43. The first-order chi connectivity index (χ1) is 9.93. The molecule has 0 aliphatic rings. The predicted octanol–water partition coefficient (Wildman–Crippen LogP) is 4.91. The van der Waals surface area contributed by atoms with E-state index < -0.39 is 0 Å². The zero-order chi connectivity index (χ0) is 15.8. The Balaban J connectivity index is 2.71. The molecule has 1 aromatic carbocycles. The minimum absolute atomic E-state index is 0.591. The van der Waals surface area contributed by atoms with Gasteiger partial charge in [-0.2, -0.15) is 11.8 Å². The number of hydrogen-bond acceptors (Lipinski definition) is 2. The summed E-state index contributed by atoms with van der Waals surface area (Å²) in [5.41, 5.74) is 5.81. The van der Waals surface area contributed by atoms with E-state index >= 15 is 0 Å². The molecule has 1 rings (SSSR count). The van der Waals surface area contributed by atoms with Crippen molar-refractivity contribution in [2.75, 3.05) is 18.1 Å². The van der Waals surface area contributed by atoms with Gasteiger partial charge in [0, 0.05) is 11.8 Å². The van der Waals surface area contributed by atoms with Crippen molar-refractivity contribution in [2.45, 2.75) is 60.4 Å². The third-order valence-corrected chi connectivity index (χ3v) is 5.28. The summed E-state index contributed by atoms with van der Waals surface area (Å²) in [6.45, 7) is 14.7. The lowest BCUT2D eigenvalue weighted by Crippen LogP contribution is -2.34. The Morgan fingerprint density at radius 3 is 2.19 bits per heavy atom. The first-order valence-electron chi connectivity index (χ1n) is 8.31. The highest BCUT2D eigenvalue weighted by molar-refractivity contribution is 7.99. The molecule has 1 atom stereocenters. The Morgan fingerprint density at radius 1 is 1.05 bits per heavy atom. The zero-order valence-electron chi connectivity index (χ0n) is 14.8. The van der Waals surface area contributed by atoms with Crippen LogP contribution in [-0.2, 0) is 6.42 Å². The smallest absolute Gasteiger partial charge is 0.0198 e. The van der Waals surface area contributed by atoms with Gasteiger partial charge in [-0.3, -0.25) is 0 Å². The number of hydrogen-bond donors (Lipinski definition) is 1. The molecule has 1 nitrogen and oxygen atoms in total. The van der Waals surface area contributed by atoms with E-state index in [1.807, 2.05) is 0 Å². The molecule has 0 amide bonds. The van der Waals surface area contributed by atoms with Crippen LogP contribution in [0, 0.1) is 26.7 Å². The van der Waals surface area contributed by atoms with Crippen LogP contribution in [0.1, 0.15) is 49.4 Å². The maximum Gasteiger partial charge on any atom is 0.0198 e. The van der Waals surface area contributed by atoms with Gasteiger partial charge in [0.05, 0.1) is 0 Å². The lowest BCUT2D eigenvalue weighted by molar-refractivity contribution is 0.547. The normalized spacial score (nSPS) is 12.9. The molecule has 2 heteroatoms. The molecule has 120 valence electrons. The Morgan fingerprint density at radius 2 is 1.67 bits per heavy atom. The Bertz CT molecular complexity index is 403. The average Bonchev–Trinajstić information content (AvgIpc) is 2.38. The summed E-state index contributed by atoms with van der Waals surface area (Å²) in [5, 5.41) is 3.74. The highest BCUT2D eigenvalue weighted by Gasteiger charge is 2.13. The fraction of sp³-hybridized carbons (Fsp3) is 0.684. The lowest BCUT2D eigenvalue weighted by atomic mass is 9.95. The van der Waals surface area contributed by atoms with Gasteiger partial charge in [-0.25, -0.2) is 0 Å². The topological polar surface area (TPSA) is 12.0 Å². The molecule has 1 unspecified atom stereocenters. The molecular formula is C19H33NS. The fourth-order valence-corrected chi connectivity index (χ4v) is 3.89. The molecule has 1 N–H and O–H groups in total. The molecule has 0 heterocycles. The van der Waals surface area contributed by atoms with E-state index in [0.29, 0.717) is 6.04 Å². The van der Waals surface area contributed by atoms with Crippen molar-refractivity contribution in [1.29, 1.82) is 0 Å². The maximum atomic E-state index is 3.74. The second-order valence-corrected chi connectivity index (χ2v) is 7.74. The largest absolute Gasteiger partial charge is 0.313 e. The van der Waals surface area contributed by atoms with Gasteiger partial charge in [0.1, 0.15) is 0 Å². The van der Waals surface area contributed by atoms with E-state index in [1.54, 1.807) is 5.56 Å². The van der Waals surface area contributed by atoms with Gasteiger partial charge >= 0.3 is 0 Å². The van der Waals surface area contributed by atoms with Crippen molar-refractivity contribution in [1.82, 2.24) is 5.32 Å². The third-order valence-electron chi connectivity index (χ3n) is 3.74. The van der Waals surface area contributed by atoms with Crippen LogP contribution in [0.3, 0.4) is 0 Å². The highest BCUT2D eigenvalue weighted by atomic mass is 32.2. The van der Waals surface area contributed by atoms with Crippen LogP contribution in [0.15, 0.2) is 12.1 Å². The van der Waals surface area contributed by atoms with Crippen molar-refractivity contribution < 1.29 is 0 Å². The maximum absolute atomic E-state index is 3.74. The molecule has 0 saturated heterocycles. The molecule has 0 saturated carbocycles. The zero-order valence-corrected chi connectivity index (χ0v) is 15.6. The van der Waals surface area contributed by atoms with Crippen LogP contribution in [0.4, 0.5) is 0 Å². The predicted molar refractivity (Wildman–Crippen MR) is 98.6 cm³/mol. The van der Waals surface area contributed by atoms with Gasteiger partial charge in [0.15, 0.2) is 0 Å². The summed E-state index contributed by atoms with van der Waals surface area (Å²) < 4.78 is 0. The van der Waals surface area contributed by atoms with E-state index in [0.717, 1.165) is 18.9 Å². The average molecular weight is 308 g/mol. The SMILES string of the molecule is CCCNC(CSCC(C)C)Cc1c(C)cc(C)cc1C. The van der Waals surface area contributed by atoms with E-state index in [2.05, 4.69) is 70.8 Å². The van der Waals surface area contributed by atoms with E-state index in [9.17, 15) is 0 Å². The van der Waals surface area contributed by atoms with Crippen LogP contribution >= 0.6 is 11.8 Å². The second kappa shape index (κ2) is 9.53. The van der Waals surface area contributed by atoms with Crippen LogP contribution in [-0.4, -0.2) is 24.1 Å². The van der Waals surface area contributed by atoms with Gasteiger partial charge in [-0.1, -0.05) is 38.5 Å². The molecule has 0 aliphatic carbocycles. The van der Waals surface area contributed by atoms with Gasteiger partial charge < -0.3 is 5.32 Å². The number of benzene rings is 1. The first-order valence-corrected chi connectivity index (χ1v) is 9.47. The third kappa shape index (κ3) is 6.88. The van der Waals surface area contributed by atoms with E-state index in [1.165, 1.54) is 34.6 Å². The van der Waals surface area contributed by atoms with E-state index in [4.69, 9.17) is 0 Å². The number of thioether (sulfide) groups is 1. The molecule has 0 aliphatic heterocycles. The summed E-state index contributed by atoms with van der Waals surface area (Å²) in [4.78, 5) is 0. The summed E-state index contributed by atoms with van der Waals surface area (Å²) in [6, 6.07) is 5.23. The first kappa shape index (κ1) is 18.6. The Hall–Kier alpha value is -0.470. The molecule has 0 fully saturated rings. The molecule has 1 aromatic rings. The number of rotatable bonds is 9. The van der Waals surface area contributed by atoms with Crippen LogP contribution in [0.2, 0.25) is 0 Å². The van der Waals surface area contributed by atoms with Gasteiger partial charge in [0.2, 0.25) is 0 Å². The summed E-state index contributed by atoms with van der Waals surface area (Å²) in [6.07, 6.45) is 2.36. The summed E-state index contributed by atoms with van der Waals surface area (Å²) in [5.74, 6) is 3.26. The standard InChI is InChI=1S/C19H33NS/c1-7-8-20-18(13-21-12-14(2)3)11-19-16(5)9-15(4)10-17(19)6/h9-10,14,18,20H,7-8,11-13H2,1-6H3. The highest BCUT2D eigenvalue weighted by Crippen LogP contribution is 2.20. The molecule has 0 radical (unpaired) electrons. The summed E-state index contributed by atoms with van der Waals surface area (Å²) >= 11 is 2.09. The van der Waals surface area contributed by atoms with Gasteiger partial charge in [-0.05, 0) is 68.5 Å². The van der Waals surface area contributed by atoms with Crippen LogP contribution in [0.25, 0.3) is 0 Å². The van der Waals surface area contributed by atoms with Crippen molar-refractivity contribution in [3.8, 4) is 0 Å². The Labute approximate surface area is 136 Å². The molecule has 0 bridgehead atoms. The number of nitrogens with one attached hydrogen (secondary N) is 1. The van der Waals surface area contributed by atoms with Crippen molar-refractivity contribution >= 4 is 11.8 Å². The molecular weight excluding hydrogens is 274 g/mol. The quantitative estimate of drug-likeness (QED) is 0.695. The lowest BCUT2D eigenvalue weighted by Gasteiger charge is -2.21. The number of aryl methyl sites for hydroxylation is 3. The monoisotopic (exact) mass is 307 g/mol. The minimum Gasteiger partial charge on any atom is -0.313 e. The molecule has 21 heavy (non-hydrogen) atoms. The molecule has 0 spiro atoms. The van der Waals surface area contributed by atoms with Crippen LogP contribution in [0.5, 0.6) is 0 Å². The van der Waals surface area contributed by atoms with Gasteiger partial charge in [0.25, 0.3) is 0 Å². The van der Waals surface area contributed by atoms with Crippen molar-refractivity contribution in [2.24, 2.45) is 5.92 Å². The van der Waals surface area contributed by atoms with Crippen LogP contribution < -0.4 is 5.32 Å². The fourth-order valence-electron chi connectivity index (χ4n) is 2.76. The molecule has 0 aromatic heterocycles. The van der Waals surface area contributed by atoms with Crippen molar-refractivity contribution in [3.05, 3.63) is 34.4 Å².